The Kier molecular flexibility index (Phi) is 3.23. The molecular formula is C7H7ClF3N3O. The van der Waals surface area contributed by atoms with Crippen molar-refractivity contribution in [2.24, 2.45) is 0 Å². The van der Waals surface area contributed by atoms with Crippen LogP contribution in [0.15, 0.2) is 6.20 Å². The minimum atomic E-state index is -4.48. The molecule has 1 heterocycles. The van der Waals surface area contributed by atoms with Crippen LogP contribution in [0.4, 0.5) is 19.1 Å². The molecule has 0 amide bonds. The van der Waals surface area contributed by atoms with Crippen molar-refractivity contribution < 1.29 is 17.9 Å². The molecule has 2 N–H and O–H groups in total. The van der Waals surface area contributed by atoms with Gasteiger partial charge >= 0.3 is 6.18 Å². The molecule has 84 valence electrons. The molecule has 0 aliphatic rings. The lowest BCUT2D eigenvalue weighted by Gasteiger charge is -2.17. The van der Waals surface area contributed by atoms with Crippen LogP contribution in [0.1, 0.15) is 6.92 Å². The average molecular weight is 242 g/mol. The molecule has 1 unspecified atom stereocenters. The second-order valence-electron chi connectivity index (χ2n) is 2.68. The second kappa shape index (κ2) is 4.09. The molecule has 0 bridgehead atoms. The Labute approximate surface area is 88.2 Å². The molecule has 8 heteroatoms. The fourth-order valence-corrected chi connectivity index (χ4v) is 0.817. The lowest BCUT2D eigenvalue weighted by atomic mass is 10.4. The zero-order chi connectivity index (χ0) is 11.6. The van der Waals surface area contributed by atoms with Crippen LogP contribution in [0, 0.1) is 0 Å². The number of anilines is 1. The van der Waals surface area contributed by atoms with Gasteiger partial charge in [-0.25, -0.2) is 4.98 Å². The normalized spacial score (nSPS) is 13.7. The minimum absolute atomic E-state index is 0.125. The van der Waals surface area contributed by atoms with E-state index in [-0.39, 0.29) is 16.9 Å². The van der Waals surface area contributed by atoms with Crippen molar-refractivity contribution in [2.45, 2.75) is 19.2 Å². The molecule has 1 aromatic heterocycles. The molecule has 0 saturated heterocycles. The highest BCUT2D eigenvalue weighted by Gasteiger charge is 2.38. The van der Waals surface area contributed by atoms with Crippen LogP contribution in [-0.4, -0.2) is 22.2 Å². The zero-order valence-corrected chi connectivity index (χ0v) is 8.30. The van der Waals surface area contributed by atoms with Gasteiger partial charge in [0.2, 0.25) is 11.8 Å². The predicted octanol–water partition coefficient (Wildman–Crippen LogP) is 2.04. The van der Waals surface area contributed by atoms with Crippen LogP contribution in [0.5, 0.6) is 5.88 Å². The first-order valence-corrected chi connectivity index (χ1v) is 4.20. The van der Waals surface area contributed by atoms with Gasteiger partial charge < -0.3 is 10.5 Å². The summed E-state index contributed by atoms with van der Waals surface area (Å²) in [5.41, 5.74) is 5.17. The molecule has 1 aromatic rings. The van der Waals surface area contributed by atoms with Gasteiger partial charge in [-0.05, 0) is 6.92 Å². The molecule has 4 nitrogen and oxygen atoms in total. The SMILES string of the molecule is CC(Oc1nc(N)ncc1Cl)C(F)(F)F. The van der Waals surface area contributed by atoms with Gasteiger partial charge in [-0.2, -0.15) is 18.2 Å². The van der Waals surface area contributed by atoms with E-state index in [0.29, 0.717) is 0 Å². The van der Waals surface area contributed by atoms with Crippen LogP contribution >= 0.6 is 11.6 Å². The fraction of sp³-hybridized carbons (Fsp3) is 0.429. The molecule has 0 aromatic carbocycles. The summed E-state index contributed by atoms with van der Waals surface area (Å²) in [6.07, 6.45) is -5.42. The van der Waals surface area contributed by atoms with Crippen molar-refractivity contribution in [1.29, 1.82) is 0 Å². The summed E-state index contributed by atoms with van der Waals surface area (Å²) in [5, 5.41) is -0.125. The number of halogens is 4. The molecule has 0 aliphatic heterocycles. The van der Waals surface area contributed by atoms with E-state index in [4.69, 9.17) is 17.3 Å². The highest BCUT2D eigenvalue weighted by molar-refractivity contribution is 6.31. The van der Waals surface area contributed by atoms with Gasteiger partial charge in [0, 0.05) is 0 Å². The first-order valence-electron chi connectivity index (χ1n) is 3.82. The summed E-state index contributed by atoms with van der Waals surface area (Å²) < 4.78 is 40.9. The van der Waals surface area contributed by atoms with Gasteiger partial charge in [-0.15, -0.1) is 0 Å². The van der Waals surface area contributed by atoms with E-state index < -0.39 is 12.3 Å². The number of ether oxygens (including phenoxy) is 1. The Morgan fingerprint density at radius 1 is 1.53 bits per heavy atom. The van der Waals surface area contributed by atoms with Crippen molar-refractivity contribution in [3.05, 3.63) is 11.2 Å². The minimum Gasteiger partial charge on any atom is -0.464 e. The van der Waals surface area contributed by atoms with Crippen LogP contribution in [0.25, 0.3) is 0 Å². The lowest BCUT2D eigenvalue weighted by molar-refractivity contribution is -0.189. The van der Waals surface area contributed by atoms with Crippen molar-refractivity contribution in [2.75, 3.05) is 5.73 Å². The van der Waals surface area contributed by atoms with Gasteiger partial charge in [0.1, 0.15) is 5.02 Å². The number of nitrogens with zero attached hydrogens (tertiary/aromatic N) is 2. The Hall–Kier alpha value is -1.24. The van der Waals surface area contributed by atoms with E-state index >= 15 is 0 Å². The van der Waals surface area contributed by atoms with Gasteiger partial charge in [0.05, 0.1) is 6.20 Å². The van der Waals surface area contributed by atoms with Gasteiger partial charge in [0.15, 0.2) is 6.10 Å². The third kappa shape index (κ3) is 3.12. The fourth-order valence-electron chi connectivity index (χ4n) is 0.681. The Morgan fingerprint density at radius 2 is 2.13 bits per heavy atom. The smallest absolute Gasteiger partial charge is 0.425 e. The Morgan fingerprint density at radius 3 is 2.67 bits per heavy atom. The van der Waals surface area contributed by atoms with Crippen molar-refractivity contribution in [3.8, 4) is 5.88 Å². The average Bonchev–Trinajstić information content (AvgIpc) is 2.09. The van der Waals surface area contributed by atoms with E-state index in [0.717, 1.165) is 13.1 Å². The molecule has 1 rings (SSSR count). The summed E-state index contributed by atoms with van der Waals surface area (Å²) in [5.74, 6) is -0.585. The maximum atomic E-state index is 12.1. The van der Waals surface area contributed by atoms with Crippen LogP contribution < -0.4 is 10.5 Å². The third-order valence-electron chi connectivity index (χ3n) is 1.48. The predicted molar refractivity (Wildman–Crippen MR) is 47.6 cm³/mol. The maximum Gasteiger partial charge on any atom is 0.425 e. The first kappa shape index (κ1) is 11.8. The lowest BCUT2D eigenvalue weighted by Crippen LogP contribution is -2.31. The van der Waals surface area contributed by atoms with E-state index in [2.05, 4.69) is 14.7 Å². The molecule has 0 saturated carbocycles. The first-order chi connectivity index (χ1) is 6.80. The Bertz CT molecular complexity index is 358. The number of rotatable bonds is 2. The number of nitrogen functional groups attached to an aromatic ring is 1. The van der Waals surface area contributed by atoms with Gasteiger partial charge in [0.25, 0.3) is 0 Å². The van der Waals surface area contributed by atoms with Gasteiger partial charge in [-0.1, -0.05) is 11.6 Å². The second-order valence-corrected chi connectivity index (χ2v) is 3.09. The van der Waals surface area contributed by atoms with E-state index in [1.165, 1.54) is 0 Å². The highest BCUT2D eigenvalue weighted by atomic mass is 35.5. The number of aromatic nitrogens is 2. The molecule has 0 fully saturated rings. The maximum absolute atomic E-state index is 12.1. The molecule has 0 aliphatic carbocycles. The number of hydrogen-bond donors (Lipinski definition) is 1. The van der Waals surface area contributed by atoms with E-state index in [9.17, 15) is 13.2 Å². The van der Waals surface area contributed by atoms with Crippen molar-refractivity contribution >= 4 is 17.5 Å². The standard InChI is InChI=1S/C7H7ClF3N3O/c1-3(7(9,10)11)15-5-4(8)2-13-6(12)14-5/h2-3H,1H3,(H2,12,13,14). The molecular weight excluding hydrogens is 235 g/mol. The molecule has 1 atom stereocenters. The van der Waals surface area contributed by atoms with Crippen LogP contribution in [-0.2, 0) is 0 Å². The highest BCUT2D eigenvalue weighted by Crippen LogP contribution is 2.27. The topological polar surface area (TPSA) is 61.0 Å². The van der Waals surface area contributed by atoms with Crippen LogP contribution in [0.3, 0.4) is 0 Å². The number of hydrogen-bond acceptors (Lipinski definition) is 4. The summed E-state index contributed by atoms with van der Waals surface area (Å²) in [7, 11) is 0. The third-order valence-corrected chi connectivity index (χ3v) is 1.74. The zero-order valence-electron chi connectivity index (χ0n) is 7.55. The summed E-state index contributed by atoms with van der Waals surface area (Å²) >= 11 is 5.52. The van der Waals surface area contributed by atoms with Gasteiger partial charge in [-0.3, -0.25) is 0 Å². The number of alkyl halides is 3. The molecule has 0 radical (unpaired) electrons. The van der Waals surface area contributed by atoms with Crippen LogP contribution in [0.2, 0.25) is 5.02 Å². The van der Waals surface area contributed by atoms with E-state index in [1.807, 2.05) is 0 Å². The molecule has 15 heavy (non-hydrogen) atoms. The monoisotopic (exact) mass is 241 g/mol. The summed E-state index contributed by atoms with van der Waals surface area (Å²) in [6.45, 7) is 0.842. The van der Waals surface area contributed by atoms with Crippen molar-refractivity contribution in [1.82, 2.24) is 9.97 Å². The largest absolute Gasteiger partial charge is 0.464 e. The number of nitrogens with two attached hydrogens (primary N) is 1. The Balaban J connectivity index is 2.85. The molecule has 0 spiro atoms. The van der Waals surface area contributed by atoms with E-state index in [1.54, 1.807) is 0 Å². The summed E-state index contributed by atoms with van der Waals surface area (Å²) in [4.78, 5) is 6.92. The van der Waals surface area contributed by atoms with Crippen molar-refractivity contribution in [3.63, 3.8) is 0 Å². The quantitative estimate of drug-likeness (QED) is 0.861. The summed E-state index contributed by atoms with van der Waals surface area (Å²) in [6, 6.07) is 0.